The highest BCUT2D eigenvalue weighted by Gasteiger charge is 2.59. The standard InChI is InChI=1S/C13H14N4OS.C8H13N/c1-4-9(13-15-6-7(2)19-13)5-10-8(3)16-17-11(10)12(14)18;1-3-8-4-6-9(8)5-2-7(1)8/h4-6H,1H2,2-3H3,(H2,14,18)(H,16,17);7H,1-6H2/b9-5+;. The minimum atomic E-state index is -0.561. The Kier molecular flexibility index (Phi) is 4.97. The molecule has 28 heavy (non-hydrogen) atoms. The van der Waals surface area contributed by atoms with E-state index in [0.29, 0.717) is 5.56 Å². The Morgan fingerprint density at radius 1 is 1.39 bits per heavy atom. The minimum absolute atomic E-state index is 0.227. The molecule has 2 aromatic rings. The zero-order chi connectivity index (χ0) is 19.9. The molecule has 2 aromatic heterocycles. The Morgan fingerprint density at radius 3 is 2.68 bits per heavy atom. The zero-order valence-corrected chi connectivity index (χ0v) is 17.3. The van der Waals surface area contributed by atoms with Gasteiger partial charge in [-0.25, -0.2) is 4.98 Å². The van der Waals surface area contributed by atoms with Crippen LogP contribution in [0.15, 0.2) is 18.9 Å². The number of nitrogens with two attached hydrogens (primary N) is 1. The van der Waals surface area contributed by atoms with E-state index in [9.17, 15) is 4.79 Å². The van der Waals surface area contributed by atoms with Gasteiger partial charge in [0.15, 0.2) is 5.69 Å². The van der Waals surface area contributed by atoms with Crippen LogP contribution in [0.5, 0.6) is 0 Å². The first-order valence-corrected chi connectivity index (χ1v) is 10.6. The summed E-state index contributed by atoms with van der Waals surface area (Å²) in [6.07, 6.45) is 11.4. The predicted molar refractivity (Wildman–Crippen MR) is 113 cm³/mol. The molecule has 3 N–H and O–H groups in total. The molecule has 2 atom stereocenters. The summed E-state index contributed by atoms with van der Waals surface area (Å²) in [6.45, 7) is 10.4. The van der Waals surface area contributed by atoms with E-state index in [2.05, 4.69) is 26.7 Å². The molecule has 3 aliphatic rings. The molecule has 1 amide bonds. The third-order valence-corrected chi connectivity index (χ3v) is 7.46. The monoisotopic (exact) mass is 397 g/mol. The van der Waals surface area contributed by atoms with E-state index in [1.54, 1.807) is 23.6 Å². The van der Waals surface area contributed by atoms with Crippen LogP contribution in [0, 0.1) is 19.8 Å². The Morgan fingerprint density at radius 2 is 2.21 bits per heavy atom. The molecule has 2 saturated heterocycles. The molecule has 0 radical (unpaired) electrons. The van der Waals surface area contributed by atoms with E-state index in [1.165, 1.54) is 38.8 Å². The second kappa shape index (κ2) is 7.29. The van der Waals surface area contributed by atoms with Gasteiger partial charge in [0.1, 0.15) is 5.01 Å². The van der Waals surface area contributed by atoms with E-state index in [1.807, 2.05) is 19.9 Å². The van der Waals surface area contributed by atoms with E-state index in [0.717, 1.165) is 32.6 Å². The minimum Gasteiger partial charge on any atom is -0.364 e. The molecule has 148 valence electrons. The van der Waals surface area contributed by atoms with Gasteiger partial charge in [0.05, 0.1) is 0 Å². The van der Waals surface area contributed by atoms with Gasteiger partial charge in [-0.1, -0.05) is 12.7 Å². The number of nitrogens with one attached hydrogen (secondary N) is 1. The topological polar surface area (TPSA) is 87.9 Å². The first-order chi connectivity index (χ1) is 13.4. The molecule has 4 heterocycles. The number of H-pyrrole nitrogens is 1. The summed E-state index contributed by atoms with van der Waals surface area (Å²) in [6, 6.07) is 0. The van der Waals surface area contributed by atoms with Gasteiger partial charge in [0.25, 0.3) is 5.91 Å². The number of allylic oxidation sites excluding steroid dienone is 2. The van der Waals surface area contributed by atoms with Crippen LogP contribution in [-0.2, 0) is 0 Å². The largest absolute Gasteiger partial charge is 0.364 e. The fraction of sp³-hybridized carbons (Fsp3) is 0.476. The van der Waals surface area contributed by atoms with Crippen molar-refractivity contribution in [1.82, 2.24) is 20.1 Å². The molecule has 1 spiro atoms. The predicted octanol–water partition coefficient (Wildman–Crippen LogP) is 3.55. The molecule has 2 unspecified atom stereocenters. The van der Waals surface area contributed by atoms with Crippen LogP contribution >= 0.6 is 11.3 Å². The SMILES string of the molecule is C1CN2CCC23CCC13.C=C/C(=C\c1c(C(N)=O)n[nH]c1C)c1ncc(C)s1. The number of aryl methyl sites for hydroxylation is 2. The fourth-order valence-corrected chi connectivity index (χ4v) is 5.47. The van der Waals surface area contributed by atoms with Gasteiger partial charge >= 0.3 is 0 Å². The summed E-state index contributed by atoms with van der Waals surface area (Å²) in [4.78, 5) is 19.4. The van der Waals surface area contributed by atoms with Gasteiger partial charge < -0.3 is 5.73 Å². The van der Waals surface area contributed by atoms with Crippen molar-refractivity contribution < 1.29 is 4.79 Å². The summed E-state index contributed by atoms with van der Waals surface area (Å²) in [7, 11) is 0. The van der Waals surface area contributed by atoms with Crippen LogP contribution in [0.4, 0.5) is 0 Å². The number of amides is 1. The second-order valence-corrected chi connectivity index (χ2v) is 9.15. The van der Waals surface area contributed by atoms with Gasteiger partial charge in [-0.3, -0.25) is 14.8 Å². The molecule has 1 aliphatic carbocycles. The Labute approximate surface area is 169 Å². The first-order valence-electron chi connectivity index (χ1n) is 9.81. The number of aromatic nitrogens is 3. The van der Waals surface area contributed by atoms with Gasteiger partial charge in [-0.2, -0.15) is 5.10 Å². The second-order valence-electron chi connectivity index (χ2n) is 7.92. The molecule has 2 aliphatic heterocycles. The van der Waals surface area contributed by atoms with Crippen LogP contribution in [0.25, 0.3) is 11.6 Å². The summed E-state index contributed by atoms with van der Waals surface area (Å²) in [5, 5.41) is 7.51. The summed E-state index contributed by atoms with van der Waals surface area (Å²) >= 11 is 1.56. The van der Waals surface area contributed by atoms with Crippen molar-refractivity contribution in [2.75, 3.05) is 13.1 Å². The molecule has 0 aromatic carbocycles. The quantitative estimate of drug-likeness (QED) is 0.772. The fourth-order valence-electron chi connectivity index (χ4n) is 4.70. The maximum Gasteiger partial charge on any atom is 0.269 e. The average Bonchev–Trinajstić information content (AvgIpc) is 3.24. The molecule has 5 rings (SSSR count). The Bertz CT molecular complexity index is 922. The maximum absolute atomic E-state index is 11.3. The van der Waals surface area contributed by atoms with Gasteiger partial charge in [0, 0.05) is 40.0 Å². The highest BCUT2D eigenvalue weighted by molar-refractivity contribution is 7.12. The van der Waals surface area contributed by atoms with Crippen LogP contribution < -0.4 is 5.73 Å². The third-order valence-electron chi connectivity index (χ3n) is 6.49. The van der Waals surface area contributed by atoms with Crippen LogP contribution in [0.2, 0.25) is 0 Å². The molecule has 3 fully saturated rings. The number of nitrogens with zero attached hydrogens (tertiary/aromatic N) is 3. The van der Waals surface area contributed by atoms with Crippen molar-refractivity contribution in [2.45, 2.75) is 45.1 Å². The van der Waals surface area contributed by atoms with E-state index in [4.69, 9.17) is 5.73 Å². The zero-order valence-electron chi connectivity index (χ0n) is 16.5. The van der Waals surface area contributed by atoms with Crippen molar-refractivity contribution in [3.8, 4) is 0 Å². The number of rotatable bonds is 4. The number of hydrogen-bond donors (Lipinski definition) is 2. The van der Waals surface area contributed by atoms with Crippen molar-refractivity contribution in [2.24, 2.45) is 11.7 Å². The summed E-state index contributed by atoms with van der Waals surface area (Å²) < 4.78 is 0. The molecule has 6 nitrogen and oxygen atoms in total. The number of carbonyl (C=O) groups is 1. The highest BCUT2D eigenvalue weighted by atomic mass is 32.1. The lowest BCUT2D eigenvalue weighted by atomic mass is 9.62. The summed E-state index contributed by atoms with van der Waals surface area (Å²) in [5.74, 6) is 0.570. The molecule has 0 bridgehead atoms. The summed E-state index contributed by atoms with van der Waals surface area (Å²) in [5.41, 5.74) is 8.62. The Balaban J connectivity index is 0.000000174. The molecule has 7 heteroatoms. The normalized spacial score (nSPS) is 25.6. The van der Waals surface area contributed by atoms with Crippen LogP contribution in [-0.4, -0.2) is 44.6 Å². The first kappa shape index (κ1) is 19.1. The number of thiazole rings is 1. The smallest absolute Gasteiger partial charge is 0.269 e. The van der Waals surface area contributed by atoms with Crippen molar-refractivity contribution >= 4 is 28.9 Å². The van der Waals surface area contributed by atoms with E-state index in [-0.39, 0.29) is 5.69 Å². The van der Waals surface area contributed by atoms with Crippen LogP contribution in [0.3, 0.4) is 0 Å². The number of carbonyl (C=O) groups excluding carboxylic acids is 1. The van der Waals surface area contributed by atoms with Gasteiger partial charge in [0.2, 0.25) is 0 Å². The van der Waals surface area contributed by atoms with Crippen molar-refractivity contribution in [3.63, 3.8) is 0 Å². The van der Waals surface area contributed by atoms with E-state index >= 15 is 0 Å². The van der Waals surface area contributed by atoms with Crippen molar-refractivity contribution in [3.05, 3.63) is 45.7 Å². The highest BCUT2D eigenvalue weighted by Crippen LogP contribution is 2.57. The van der Waals surface area contributed by atoms with Gasteiger partial charge in [-0.15, -0.1) is 11.3 Å². The van der Waals surface area contributed by atoms with Gasteiger partial charge in [-0.05, 0) is 58.1 Å². The molecular weight excluding hydrogens is 370 g/mol. The molecule has 1 saturated carbocycles. The number of primary amides is 1. The molecular formula is C21H27N5OS. The Hall–Kier alpha value is -2.25. The van der Waals surface area contributed by atoms with Crippen molar-refractivity contribution in [1.29, 1.82) is 0 Å². The average molecular weight is 398 g/mol. The van der Waals surface area contributed by atoms with Crippen LogP contribution in [0.1, 0.15) is 57.3 Å². The third kappa shape index (κ3) is 3.12. The maximum atomic E-state index is 11.3. The lowest BCUT2D eigenvalue weighted by molar-refractivity contribution is -0.0659. The lowest BCUT2D eigenvalue weighted by Crippen LogP contribution is -2.63. The number of hydrogen-bond acceptors (Lipinski definition) is 5. The lowest BCUT2D eigenvalue weighted by Gasteiger charge is -2.58. The number of aromatic amines is 1. The van der Waals surface area contributed by atoms with E-state index < -0.39 is 5.91 Å².